The summed E-state index contributed by atoms with van der Waals surface area (Å²) in [5.41, 5.74) is 7.37. The molecule has 0 bridgehead atoms. The Labute approximate surface area is 190 Å². The van der Waals surface area contributed by atoms with E-state index in [2.05, 4.69) is 126 Å². The molecule has 0 radical (unpaired) electrons. The largest absolute Gasteiger partial charge is 0.284 e. The van der Waals surface area contributed by atoms with Crippen LogP contribution in [0, 0.1) is 0 Å². The van der Waals surface area contributed by atoms with E-state index in [0.29, 0.717) is 0 Å². The minimum atomic E-state index is 0.232. The summed E-state index contributed by atoms with van der Waals surface area (Å²) in [4.78, 5) is 0. The van der Waals surface area contributed by atoms with Crippen molar-refractivity contribution in [3.05, 3.63) is 138 Å². The molecule has 1 heterocycles. The molecule has 0 saturated heterocycles. The second-order valence-corrected chi connectivity index (χ2v) is 8.13. The van der Waals surface area contributed by atoms with Crippen LogP contribution < -0.4 is 0 Å². The van der Waals surface area contributed by atoms with E-state index in [4.69, 9.17) is 5.10 Å². The minimum absolute atomic E-state index is 0.232. The molecule has 4 aromatic rings. The van der Waals surface area contributed by atoms with Crippen LogP contribution >= 0.6 is 0 Å². The summed E-state index contributed by atoms with van der Waals surface area (Å²) >= 11 is 0. The maximum Gasteiger partial charge on any atom is 0.0780 e. The zero-order valence-electron chi connectivity index (χ0n) is 18.0. The first-order valence-corrected chi connectivity index (χ1v) is 11.1. The molecule has 2 heteroatoms. The summed E-state index contributed by atoms with van der Waals surface area (Å²) in [6.07, 6.45) is 5.22. The van der Waals surface area contributed by atoms with Gasteiger partial charge in [-0.25, -0.2) is 0 Å². The molecule has 1 aliphatic rings. The summed E-state index contributed by atoms with van der Waals surface area (Å²) in [6, 6.07) is 40.7. The average Bonchev–Trinajstić information content (AvgIpc) is 3.27. The Bertz CT molecular complexity index is 1190. The topological polar surface area (TPSA) is 15.6 Å². The number of hydrazone groups is 1. The van der Waals surface area contributed by atoms with Gasteiger partial charge in [-0.1, -0.05) is 121 Å². The third-order valence-corrected chi connectivity index (χ3v) is 5.88. The standard InChI is InChI=1S/C30H26N2/c1-4-10-24(11-5-1)16-21-29-22-30(32(31-29)23-25-12-6-2-7-13-25)28-19-17-27(18-20-28)26-14-8-3-9-15-26/h1-21,30H,22-23H2. The van der Waals surface area contributed by atoms with Gasteiger partial charge in [0.1, 0.15) is 0 Å². The highest BCUT2D eigenvalue weighted by atomic mass is 15.5. The monoisotopic (exact) mass is 414 g/mol. The van der Waals surface area contributed by atoms with E-state index >= 15 is 0 Å². The van der Waals surface area contributed by atoms with Crippen molar-refractivity contribution in [2.45, 2.75) is 19.0 Å². The smallest absolute Gasteiger partial charge is 0.0780 e. The molecule has 1 atom stereocenters. The van der Waals surface area contributed by atoms with Gasteiger partial charge in [-0.3, -0.25) is 5.01 Å². The second kappa shape index (κ2) is 9.49. The van der Waals surface area contributed by atoms with Crippen LogP contribution in [0.1, 0.15) is 29.2 Å². The number of hydrogen-bond donors (Lipinski definition) is 0. The second-order valence-electron chi connectivity index (χ2n) is 8.13. The summed E-state index contributed by atoms with van der Waals surface area (Å²) in [6.45, 7) is 0.800. The molecule has 0 aliphatic carbocycles. The number of nitrogens with zero attached hydrogens (tertiary/aromatic N) is 2. The van der Waals surface area contributed by atoms with E-state index in [0.717, 1.165) is 18.7 Å². The molecule has 156 valence electrons. The maximum atomic E-state index is 5.00. The molecule has 1 aliphatic heterocycles. The van der Waals surface area contributed by atoms with Crippen molar-refractivity contribution < 1.29 is 0 Å². The van der Waals surface area contributed by atoms with Crippen molar-refractivity contribution in [2.24, 2.45) is 5.10 Å². The first-order chi connectivity index (χ1) is 15.8. The molecule has 2 nitrogen and oxygen atoms in total. The van der Waals surface area contributed by atoms with Gasteiger partial charge in [0.25, 0.3) is 0 Å². The van der Waals surface area contributed by atoms with Crippen molar-refractivity contribution in [3.63, 3.8) is 0 Å². The number of benzene rings is 4. The van der Waals surface area contributed by atoms with Gasteiger partial charge < -0.3 is 0 Å². The predicted molar refractivity (Wildman–Crippen MR) is 134 cm³/mol. The van der Waals surface area contributed by atoms with Crippen LogP contribution in [-0.2, 0) is 6.54 Å². The van der Waals surface area contributed by atoms with E-state index in [1.807, 2.05) is 6.07 Å². The summed E-state index contributed by atoms with van der Waals surface area (Å²) < 4.78 is 0. The number of hydrogen-bond acceptors (Lipinski definition) is 2. The molecule has 1 unspecified atom stereocenters. The van der Waals surface area contributed by atoms with Crippen LogP contribution in [0.2, 0.25) is 0 Å². The van der Waals surface area contributed by atoms with Gasteiger partial charge in [-0.05, 0) is 33.9 Å². The van der Waals surface area contributed by atoms with Gasteiger partial charge in [0.15, 0.2) is 0 Å². The van der Waals surface area contributed by atoms with Crippen molar-refractivity contribution in [1.82, 2.24) is 5.01 Å². The van der Waals surface area contributed by atoms with Gasteiger partial charge >= 0.3 is 0 Å². The van der Waals surface area contributed by atoms with Gasteiger partial charge in [-0.15, -0.1) is 0 Å². The molecule has 0 saturated carbocycles. The lowest BCUT2D eigenvalue weighted by molar-refractivity contribution is 0.224. The van der Waals surface area contributed by atoms with Gasteiger partial charge in [0.2, 0.25) is 0 Å². The first-order valence-electron chi connectivity index (χ1n) is 11.1. The molecule has 0 aromatic heterocycles. The lowest BCUT2D eigenvalue weighted by Gasteiger charge is -2.24. The molecule has 0 amide bonds. The maximum absolute atomic E-state index is 5.00. The Hall–Kier alpha value is -3.91. The van der Waals surface area contributed by atoms with Crippen molar-refractivity contribution in [3.8, 4) is 11.1 Å². The summed E-state index contributed by atoms with van der Waals surface area (Å²) in [7, 11) is 0. The fraction of sp³-hybridized carbons (Fsp3) is 0.100. The average molecular weight is 415 g/mol. The summed E-state index contributed by atoms with van der Waals surface area (Å²) in [5, 5.41) is 7.23. The molecule has 5 rings (SSSR count). The van der Waals surface area contributed by atoms with E-state index in [1.54, 1.807) is 0 Å². The van der Waals surface area contributed by atoms with Crippen molar-refractivity contribution >= 4 is 11.8 Å². The lowest BCUT2D eigenvalue weighted by Crippen LogP contribution is -2.19. The van der Waals surface area contributed by atoms with E-state index in [9.17, 15) is 0 Å². The molecular weight excluding hydrogens is 388 g/mol. The lowest BCUT2D eigenvalue weighted by atomic mass is 9.97. The molecule has 0 N–H and O–H groups in total. The van der Waals surface area contributed by atoms with Crippen molar-refractivity contribution in [2.75, 3.05) is 0 Å². The van der Waals surface area contributed by atoms with Gasteiger partial charge in [-0.2, -0.15) is 5.10 Å². The molecule has 0 spiro atoms. The third-order valence-electron chi connectivity index (χ3n) is 5.88. The fourth-order valence-electron chi connectivity index (χ4n) is 4.17. The Morgan fingerprint density at radius 2 is 1.25 bits per heavy atom. The molecule has 0 fully saturated rings. The Balaban J connectivity index is 1.40. The zero-order chi connectivity index (χ0) is 21.6. The highest BCUT2D eigenvalue weighted by molar-refractivity contribution is 5.99. The SMILES string of the molecule is C(=Cc1ccccc1)C1=NN(Cc2ccccc2)C(c2ccc(-c3ccccc3)cc2)C1. The normalized spacial score (nSPS) is 15.8. The minimum Gasteiger partial charge on any atom is -0.284 e. The van der Waals surface area contributed by atoms with E-state index < -0.39 is 0 Å². The van der Waals surface area contributed by atoms with Crippen LogP contribution in [-0.4, -0.2) is 10.7 Å². The van der Waals surface area contributed by atoms with Gasteiger partial charge in [0, 0.05) is 6.42 Å². The van der Waals surface area contributed by atoms with Crippen molar-refractivity contribution in [1.29, 1.82) is 0 Å². The highest BCUT2D eigenvalue weighted by Gasteiger charge is 2.27. The Morgan fingerprint density at radius 1 is 0.656 bits per heavy atom. The number of allylic oxidation sites excluding steroid dienone is 1. The van der Waals surface area contributed by atoms with Crippen LogP contribution in [0.15, 0.2) is 126 Å². The first kappa shape index (κ1) is 20.0. The van der Waals surface area contributed by atoms with Crippen LogP contribution in [0.5, 0.6) is 0 Å². The van der Waals surface area contributed by atoms with Gasteiger partial charge in [0.05, 0.1) is 18.3 Å². The summed E-state index contributed by atoms with van der Waals surface area (Å²) in [5.74, 6) is 0. The van der Waals surface area contributed by atoms with E-state index in [-0.39, 0.29) is 6.04 Å². The molecule has 4 aromatic carbocycles. The Morgan fingerprint density at radius 3 is 1.94 bits per heavy atom. The molecule has 32 heavy (non-hydrogen) atoms. The zero-order valence-corrected chi connectivity index (χ0v) is 18.0. The van der Waals surface area contributed by atoms with Crippen LogP contribution in [0.3, 0.4) is 0 Å². The Kier molecular flexibility index (Phi) is 5.93. The predicted octanol–water partition coefficient (Wildman–Crippen LogP) is 7.37. The van der Waals surface area contributed by atoms with E-state index in [1.165, 1.54) is 27.8 Å². The van der Waals surface area contributed by atoms with Crippen LogP contribution in [0.4, 0.5) is 0 Å². The van der Waals surface area contributed by atoms with Crippen LogP contribution in [0.25, 0.3) is 17.2 Å². The fourth-order valence-corrected chi connectivity index (χ4v) is 4.17. The molecular formula is C30H26N2. The quantitative estimate of drug-likeness (QED) is 0.321. The third kappa shape index (κ3) is 4.70. The highest BCUT2D eigenvalue weighted by Crippen LogP contribution is 2.33. The number of rotatable bonds is 6.